The molecule has 0 fully saturated rings. The van der Waals surface area contributed by atoms with Gasteiger partial charge >= 0.3 is 0 Å². The summed E-state index contributed by atoms with van der Waals surface area (Å²) in [5.74, 6) is 1.06. The van der Waals surface area contributed by atoms with Crippen molar-refractivity contribution in [2.24, 2.45) is 0 Å². The van der Waals surface area contributed by atoms with E-state index >= 15 is 0 Å². The predicted molar refractivity (Wildman–Crippen MR) is 75.9 cm³/mol. The Kier molecular flexibility index (Phi) is 2.76. The maximum Gasteiger partial charge on any atom is 0.146 e. The fraction of sp³-hybridized carbons (Fsp3) is 0.0667. The van der Waals surface area contributed by atoms with Gasteiger partial charge in [0, 0.05) is 5.56 Å². The Morgan fingerprint density at radius 3 is 2.53 bits per heavy atom. The van der Waals surface area contributed by atoms with Crippen LogP contribution in [0.25, 0.3) is 22.2 Å². The zero-order valence-electron chi connectivity index (χ0n) is 10.5. The van der Waals surface area contributed by atoms with Gasteiger partial charge in [0.25, 0.3) is 0 Å². The maximum absolute atomic E-state index is 5.71. The smallest absolute Gasteiger partial charge is 0.146 e. The van der Waals surface area contributed by atoms with Gasteiger partial charge in [0.2, 0.25) is 0 Å². The van der Waals surface area contributed by atoms with E-state index < -0.39 is 0 Å². The third kappa shape index (κ3) is 1.97. The molecule has 0 atom stereocenters. The first kappa shape index (κ1) is 11.5. The van der Waals surface area contributed by atoms with Crippen LogP contribution in [-0.4, -0.2) is 17.1 Å². The number of ether oxygens (including phenoxy) is 1. The maximum atomic E-state index is 5.71. The molecule has 4 heteroatoms. The molecule has 3 rings (SSSR count). The summed E-state index contributed by atoms with van der Waals surface area (Å²) < 4.78 is 5.32. The summed E-state index contributed by atoms with van der Waals surface area (Å²) in [6.45, 7) is 0. The van der Waals surface area contributed by atoms with E-state index in [4.69, 9.17) is 10.5 Å². The normalized spacial score (nSPS) is 10.6. The van der Waals surface area contributed by atoms with Crippen LogP contribution < -0.4 is 10.5 Å². The van der Waals surface area contributed by atoms with Crippen molar-refractivity contribution >= 4 is 16.9 Å². The molecule has 0 saturated carbocycles. The molecule has 0 radical (unpaired) electrons. The summed E-state index contributed by atoms with van der Waals surface area (Å²) >= 11 is 0. The Labute approximate surface area is 110 Å². The third-order valence-electron chi connectivity index (χ3n) is 2.99. The van der Waals surface area contributed by atoms with E-state index in [-0.39, 0.29) is 0 Å². The lowest BCUT2D eigenvalue weighted by Gasteiger charge is -2.09. The van der Waals surface area contributed by atoms with Gasteiger partial charge in [-0.15, -0.1) is 0 Å². The van der Waals surface area contributed by atoms with Crippen LogP contribution in [0.15, 0.2) is 48.7 Å². The van der Waals surface area contributed by atoms with Gasteiger partial charge in [-0.05, 0) is 17.7 Å². The number of rotatable bonds is 2. The highest BCUT2D eigenvalue weighted by atomic mass is 16.5. The fourth-order valence-corrected chi connectivity index (χ4v) is 2.10. The van der Waals surface area contributed by atoms with Crippen molar-refractivity contribution in [1.29, 1.82) is 0 Å². The van der Waals surface area contributed by atoms with Crippen LogP contribution in [-0.2, 0) is 0 Å². The number of nitrogens with zero attached hydrogens (tertiary/aromatic N) is 2. The molecule has 2 aromatic carbocycles. The summed E-state index contributed by atoms with van der Waals surface area (Å²) in [6, 6.07) is 13.9. The second-order valence-electron chi connectivity index (χ2n) is 4.17. The summed E-state index contributed by atoms with van der Waals surface area (Å²) in [6.07, 6.45) is 1.56. The molecule has 94 valence electrons. The van der Waals surface area contributed by atoms with E-state index in [2.05, 4.69) is 9.97 Å². The Morgan fingerprint density at radius 2 is 1.79 bits per heavy atom. The van der Waals surface area contributed by atoms with Gasteiger partial charge in [0.15, 0.2) is 0 Å². The van der Waals surface area contributed by atoms with E-state index in [0.717, 1.165) is 16.6 Å². The lowest BCUT2D eigenvalue weighted by Crippen LogP contribution is -1.96. The molecule has 0 bridgehead atoms. The Hall–Kier alpha value is -2.62. The van der Waals surface area contributed by atoms with Crippen molar-refractivity contribution in [2.45, 2.75) is 0 Å². The molecule has 0 amide bonds. The Balaban J connectivity index is 2.33. The molecule has 0 aliphatic rings. The molecule has 0 aliphatic carbocycles. The molecule has 1 heterocycles. The van der Waals surface area contributed by atoms with Crippen LogP contribution in [0, 0.1) is 0 Å². The Morgan fingerprint density at radius 1 is 1.00 bits per heavy atom. The number of nitrogens with two attached hydrogens (primary N) is 1. The minimum absolute atomic E-state index is 0.385. The summed E-state index contributed by atoms with van der Waals surface area (Å²) in [5, 5.41) is 0. The van der Waals surface area contributed by atoms with Crippen molar-refractivity contribution in [3.63, 3.8) is 0 Å². The van der Waals surface area contributed by atoms with E-state index in [1.165, 1.54) is 0 Å². The van der Waals surface area contributed by atoms with E-state index in [0.29, 0.717) is 17.1 Å². The number of anilines is 1. The minimum atomic E-state index is 0.385. The van der Waals surface area contributed by atoms with Crippen molar-refractivity contribution < 1.29 is 4.74 Å². The number of nitrogen functional groups attached to an aromatic ring is 1. The highest BCUT2D eigenvalue weighted by Crippen LogP contribution is 2.32. The van der Waals surface area contributed by atoms with E-state index in [1.54, 1.807) is 13.3 Å². The molecule has 1 aromatic heterocycles. The van der Waals surface area contributed by atoms with Crippen LogP contribution in [0.2, 0.25) is 0 Å². The molecule has 0 spiro atoms. The average Bonchev–Trinajstić information content (AvgIpc) is 2.47. The number of aromatic nitrogens is 2. The molecule has 19 heavy (non-hydrogen) atoms. The lowest BCUT2D eigenvalue weighted by atomic mass is 10.0. The van der Waals surface area contributed by atoms with Crippen molar-refractivity contribution in [3.8, 4) is 16.9 Å². The molecular weight excluding hydrogens is 238 g/mol. The SMILES string of the molecule is COc1ccc(-c2ccccc2)c2ncc(N)nc12. The van der Waals surface area contributed by atoms with Gasteiger partial charge in [-0.3, -0.25) is 0 Å². The molecule has 4 nitrogen and oxygen atoms in total. The van der Waals surface area contributed by atoms with Gasteiger partial charge in [-0.25, -0.2) is 9.97 Å². The fourth-order valence-electron chi connectivity index (χ4n) is 2.10. The van der Waals surface area contributed by atoms with E-state index in [9.17, 15) is 0 Å². The summed E-state index contributed by atoms with van der Waals surface area (Å²) in [7, 11) is 1.61. The number of hydrogen-bond acceptors (Lipinski definition) is 4. The topological polar surface area (TPSA) is 61.0 Å². The molecule has 3 aromatic rings. The summed E-state index contributed by atoms with van der Waals surface area (Å²) in [5.41, 5.74) is 9.29. The Bertz CT molecular complexity index is 726. The van der Waals surface area contributed by atoms with Gasteiger partial charge in [-0.2, -0.15) is 0 Å². The van der Waals surface area contributed by atoms with E-state index in [1.807, 2.05) is 42.5 Å². The van der Waals surface area contributed by atoms with Crippen molar-refractivity contribution in [2.75, 3.05) is 12.8 Å². The number of methoxy groups -OCH3 is 1. The van der Waals surface area contributed by atoms with Crippen LogP contribution in [0.5, 0.6) is 5.75 Å². The van der Waals surface area contributed by atoms with Crippen LogP contribution in [0.4, 0.5) is 5.82 Å². The van der Waals surface area contributed by atoms with Gasteiger partial charge in [-0.1, -0.05) is 30.3 Å². The average molecular weight is 251 g/mol. The first-order valence-electron chi connectivity index (χ1n) is 5.94. The molecule has 0 saturated heterocycles. The third-order valence-corrected chi connectivity index (χ3v) is 2.99. The highest BCUT2D eigenvalue weighted by molar-refractivity contribution is 5.95. The number of hydrogen-bond donors (Lipinski definition) is 1. The van der Waals surface area contributed by atoms with Crippen LogP contribution in [0.1, 0.15) is 0 Å². The summed E-state index contributed by atoms with van der Waals surface area (Å²) in [4.78, 5) is 8.72. The van der Waals surface area contributed by atoms with Crippen LogP contribution in [0.3, 0.4) is 0 Å². The molecular formula is C15H13N3O. The lowest BCUT2D eigenvalue weighted by molar-refractivity contribution is 0.419. The largest absolute Gasteiger partial charge is 0.494 e. The quantitative estimate of drug-likeness (QED) is 0.760. The second-order valence-corrected chi connectivity index (χ2v) is 4.17. The monoisotopic (exact) mass is 251 g/mol. The predicted octanol–water partition coefficient (Wildman–Crippen LogP) is 2.89. The minimum Gasteiger partial charge on any atom is -0.494 e. The molecule has 0 unspecified atom stereocenters. The van der Waals surface area contributed by atoms with Gasteiger partial charge in [0.05, 0.1) is 13.3 Å². The number of benzene rings is 2. The van der Waals surface area contributed by atoms with Crippen molar-refractivity contribution in [1.82, 2.24) is 9.97 Å². The van der Waals surface area contributed by atoms with Crippen molar-refractivity contribution in [3.05, 3.63) is 48.7 Å². The van der Waals surface area contributed by atoms with Crippen LogP contribution >= 0.6 is 0 Å². The standard InChI is InChI=1S/C15H13N3O/c1-19-12-8-7-11(10-5-3-2-4-6-10)14-15(12)18-13(16)9-17-14/h2-9H,1H3,(H2,16,18). The molecule has 2 N–H and O–H groups in total. The van der Waals surface area contributed by atoms with Gasteiger partial charge < -0.3 is 10.5 Å². The highest BCUT2D eigenvalue weighted by Gasteiger charge is 2.11. The zero-order valence-corrected chi connectivity index (χ0v) is 10.5. The first-order chi connectivity index (χ1) is 9.29. The second kappa shape index (κ2) is 4.57. The van der Waals surface area contributed by atoms with Gasteiger partial charge in [0.1, 0.15) is 22.6 Å². The first-order valence-corrected chi connectivity index (χ1v) is 5.94. The molecule has 0 aliphatic heterocycles. The number of fused-ring (bicyclic) bond motifs is 1. The zero-order chi connectivity index (χ0) is 13.2.